The van der Waals surface area contributed by atoms with Crippen molar-refractivity contribution in [2.45, 2.75) is 18.5 Å². The smallest absolute Gasteiger partial charge is 0.155 e. The van der Waals surface area contributed by atoms with E-state index in [0.29, 0.717) is 12.1 Å². The van der Waals surface area contributed by atoms with Gasteiger partial charge in [-0.1, -0.05) is 12.1 Å². The first kappa shape index (κ1) is 23.0. The van der Waals surface area contributed by atoms with Gasteiger partial charge in [-0.25, -0.2) is 9.97 Å². The monoisotopic (exact) mass is 541 g/mol. The maximum absolute atomic E-state index is 6.66. The highest BCUT2D eigenvalue weighted by Crippen LogP contribution is 2.49. The molecule has 0 saturated carbocycles. The van der Waals surface area contributed by atoms with E-state index < -0.39 is 0 Å². The Morgan fingerprint density at radius 2 is 1.37 bits per heavy atom. The molecule has 0 unspecified atom stereocenters. The van der Waals surface area contributed by atoms with E-state index in [1.165, 1.54) is 6.42 Å². The lowest BCUT2D eigenvalue weighted by Crippen LogP contribution is -2.46. The van der Waals surface area contributed by atoms with Crippen molar-refractivity contribution in [2.75, 3.05) is 31.1 Å². The molecule has 0 amide bonds. The van der Waals surface area contributed by atoms with Crippen LogP contribution >= 0.6 is 0 Å². The Hall–Kier alpha value is -4.80. The van der Waals surface area contributed by atoms with Gasteiger partial charge in [0.05, 0.1) is 23.8 Å². The standard InChI is InChI=1S/C31H27N9O/c1-3-26-28(9-18(1)20-7-22-14-35-37-30(22)33-12-20)41-29-10-19(21-8-23-15-36-38-31(23)34-13-21)2-4-27(29)40(26)6-5-39-17-24-11-25(39)16-32-24/h1-4,7-10,12-15,24-25,32H,5-6,11,16-17H2,(H,33,35,37)(H,34,36,38)/t24-,25-/m1/s1. The molecule has 0 spiro atoms. The number of ether oxygens (including phenoxy) is 1. The Kier molecular flexibility index (Phi) is 4.96. The summed E-state index contributed by atoms with van der Waals surface area (Å²) < 4.78 is 6.66. The van der Waals surface area contributed by atoms with E-state index in [-0.39, 0.29) is 0 Å². The average Bonchev–Trinajstić information content (AvgIpc) is 3.83. The number of likely N-dealkylation sites (tertiary alicyclic amines) is 1. The van der Waals surface area contributed by atoms with Gasteiger partial charge in [-0.3, -0.25) is 15.1 Å². The summed E-state index contributed by atoms with van der Waals surface area (Å²) in [5.74, 6) is 1.68. The Morgan fingerprint density at radius 3 is 1.93 bits per heavy atom. The average molecular weight is 542 g/mol. The Balaban J connectivity index is 1.10. The maximum atomic E-state index is 6.66. The zero-order valence-electron chi connectivity index (χ0n) is 22.2. The second-order valence-corrected chi connectivity index (χ2v) is 11.2. The molecule has 2 bridgehead atoms. The lowest BCUT2D eigenvalue weighted by molar-refractivity contribution is 0.232. The summed E-state index contributed by atoms with van der Waals surface area (Å²) >= 11 is 0. The van der Waals surface area contributed by atoms with Gasteiger partial charge in [-0.15, -0.1) is 0 Å². The van der Waals surface area contributed by atoms with Crippen LogP contribution in [0.2, 0.25) is 0 Å². The second kappa shape index (κ2) is 8.85. The van der Waals surface area contributed by atoms with Crippen LogP contribution in [0.15, 0.2) is 73.3 Å². The minimum Gasteiger partial charge on any atom is -0.453 e. The number of anilines is 2. The summed E-state index contributed by atoms with van der Waals surface area (Å²) in [7, 11) is 0. The third-order valence-corrected chi connectivity index (χ3v) is 8.75. The van der Waals surface area contributed by atoms with Crippen molar-refractivity contribution in [1.29, 1.82) is 0 Å². The molecule has 202 valence electrons. The van der Waals surface area contributed by atoms with Crippen molar-refractivity contribution >= 4 is 33.4 Å². The van der Waals surface area contributed by atoms with Gasteiger partial charge in [0.25, 0.3) is 0 Å². The molecule has 6 aromatic rings. The summed E-state index contributed by atoms with van der Waals surface area (Å²) in [4.78, 5) is 14.1. The van der Waals surface area contributed by atoms with Crippen LogP contribution in [0.4, 0.5) is 11.4 Å². The molecule has 9 rings (SSSR count). The van der Waals surface area contributed by atoms with E-state index in [4.69, 9.17) is 4.74 Å². The molecule has 2 atom stereocenters. The number of nitrogens with zero attached hydrogens (tertiary/aromatic N) is 6. The van der Waals surface area contributed by atoms with Crippen molar-refractivity contribution in [2.24, 2.45) is 0 Å². The van der Waals surface area contributed by atoms with Crippen LogP contribution in [-0.2, 0) is 0 Å². The molecular weight excluding hydrogens is 514 g/mol. The van der Waals surface area contributed by atoms with E-state index in [2.05, 4.69) is 94.0 Å². The lowest BCUT2D eigenvalue weighted by atomic mass is 10.0. The first-order valence-corrected chi connectivity index (χ1v) is 14.1. The summed E-state index contributed by atoms with van der Waals surface area (Å²) in [6, 6.07) is 18.4. The number of aromatic amines is 2. The second-order valence-electron chi connectivity index (χ2n) is 11.2. The van der Waals surface area contributed by atoms with Crippen molar-refractivity contribution in [3.8, 4) is 33.8 Å². The van der Waals surface area contributed by atoms with E-state index in [0.717, 1.165) is 93.4 Å². The van der Waals surface area contributed by atoms with Gasteiger partial charge in [0.1, 0.15) is 0 Å². The van der Waals surface area contributed by atoms with Crippen LogP contribution in [0.1, 0.15) is 6.42 Å². The number of benzene rings is 2. The van der Waals surface area contributed by atoms with Crippen LogP contribution in [0.3, 0.4) is 0 Å². The first-order chi connectivity index (χ1) is 20.2. The first-order valence-electron chi connectivity index (χ1n) is 14.1. The summed E-state index contributed by atoms with van der Waals surface area (Å²) in [6.45, 7) is 4.11. The van der Waals surface area contributed by atoms with Crippen LogP contribution in [0, 0.1) is 0 Å². The largest absolute Gasteiger partial charge is 0.453 e. The summed E-state index contributed by atoms with van der Waals surface area (Å²) in [5, 5.41) is 19.7. The predicted molar refractivity (Wildman–Crippen MR) is 157 cm³/mol. The molecule has 41 heavy (non-hydrogen) atoms. The normalized spacial score (nSPS) is 19.6. The molecule has 2 fully saturated rings. The summed E-state index contributed by atoms with van der Waals surface area (Å²) in [5.41, 5.74) is 7.88. The molecule has 3 aliphatic heterocycles. The Bertz CT molecular complexity index is 1820. The molecule has 2 aromatic carbocycles. The number of fused-ring (bicyclic) bond motifs is 6. The van der Waals surface area contributed by atoms with Gasteiger partial charge in [0.15, 0.2) is 22.8 Å². The number of aromatic nitrogens is 6. The number of piperazine rings is 1. The highest BCUT2D eigenvalue weighted by atomic mass is 16.5. The molecule has 0 radical (unpaired) electrons. The van der Waals surface area contributed by atoms with E-state index in [1.54, 1.807) is 12.4 Å². The maximum Gasteiger partial charge on any atom is 0.155 e. The number of nitrogens with one attached hydrogen (secondary N) is 3. The number of H-pyrrole nitrogens is 2. The molecule has 10 nitrogen and oxygen atoms in total. The minimum atomic E-state index is 0.636. The molecule has 7 heterocycles. The Labute approximate surface area is 235 Å². The molecule has 3 aliphatic rings. The minimum absolute atomic E-state index is 0.636. The summed E-state index contributed by atoms with van der Waals surface area (Å²) in [6.07, 6.45) is 8.62. The third kappa shape index (κ3) is 3.79. The molecule has 2 saturated heterocycles. The fourth-order valence-electron chi connectivity index (χ4n) is 6.62. The van der Waals surface area contributed by atoms with Crippen molar-refractivity contribution in [3.05, 3.63) is 73.3 Å². The number of hydrogen-bond donors (Lipinski definition) is 3. The molecule has 4 aromatic heterocycles. The number of pyridine rings is 2. The van der Waals surface area contributed by atoms with Gasteiger partial charge in [0.2, 0.25) is 0 Å². The molecular formula is C31H27N9O. The third-order valence-electron chi connectivity index (χ3n) is 8.75. The van der Waals surface area contributed by atoms with Crippen LogP contribution in [0.5, 0.6) is 11.5 Å². The highest BCUT2D eigenvalue weighted by molar-refractivity contribution is 5.86. The predicted octanol–water partition coefficient (Wildman–Crippen LogP) is 4.85. The lowest BCUT2D eigenvalue weighted by Gasteiger charge is -2.36. The van der Waals surface area contributed by atoms with Crippen molar-refractivity contribution in [3.63, 3.8) is 0 Å². The molecule has 3 N–H and O–H groups in total. The van der Waals surface area contributed by atoms with E-state index in [1.807, 2.05) is 12.4 Å². The van der Waals surface area contributed by atoms with Crippen molar-refractivity contribution in [1.82, 2.24) is 40.6 Å². The zero-order valence-corrected chi connectivity index (χ0v) is 22.2. The fourth-order valence-corrected chi connectivity index (χ4v) is 6.62. The topological polar surface area (TPSA) is 111 Å². The molecule has 0 aliphatic carbocycles. The number of rotatable bonds is 5. The van der Waals surface area contributed by atoms with Crippen LogP contribution in [-0.4, -0.2) is 73.5 Å². The molecule has 10 heteroatoms. The number of hydrogen-bond acceptors (Lipinski definition) is 8. The van der Waals surface area contributed by atoms with Gasteiger partial charge >= 0.3 is 0 Å². The fraction of sp³-hybridized carbons (Fsp3) is 0.226. The van der Waals surface area contributed by atoms with Crippen LogP contribution < -0.4 is 15.0 Å². The van der Waals surface area contributed by atoms with Crippen molar-refractivity contribution < 1.29 is 4.74 Å². The SMILES string of the molecule is c1cc2c(cc1-c1cnc3[nH]ncc3c1)Oc1cc(-c3cnc4[nH]ncc4c3)ccc1N2CCN1C[C@H]2C[C@@H]1CN2. The van der Waals surface area contributed by atoms with Gasteiger partial charge in [-0.05, 0) is 53.9 Å². The van der Waals surface area contributed by atoms with Crippen LogP contribution in [0.25, 0.3) is 44.3 Å². The zero-order chi connectivity index (χ0) is 26.9. The van der Waals surface area contributed by atoms with E-state index in [9.17, 15) is 0 Å². The van der Waals surface area contributed by atoms with E-state index >= 15 is 0 Å². The highest BCUT2D eigenvalue weighted by Gasteiger charge is 2.37. The Morgan fingerprint density at radius 1 is 0.732 bits per heavy atom. The van der Waals surface area contributed by atoms with Gasteiger partial charge in [-0.2, -0.15) is 10.2 Å². The quantitative estimate of drug-likeness (QED) is 0.284. The van der Waals surface area contributed by atoms with Gasteiger partial charge in [0, 0.05) is 72.6 Å². The van der Waals surface area contributed by atoms with Gasteiger partial charge < -0.3 is 15.0 Å².